The van der Waals surface area contributed by atoms with E-state index in [9.17, 15) is 13.5 Å². The van der Waals surface area contributed by atoms with Crippen molar-refractivity contribution in [2.75, 3.05) is 19.3 Å². The fourth-order valence-electron chi connectivity index (χ4n) is 2.98. The van der Waals surface area contributed by atoms with Crippen molar-refractivity contribution >= 4 is 20.8 Å². The highest BCUT2D eigenvalue weighted by Gasteiger charge is 2.32. The van der Waals surface area contributed by atoms with Crippen LogP contribution in [0.15, 0.2) is 42.5 Å². The van der Waals surface area contributed by atoms with E-state index in [1.165, 1.54) is 10.8 Å². The van der Waals surface area contributed by atoms with Gasteiger partial charge in [-0.25, -0.2) is 13.1 Å². The Morgan fingerprint density at radius 1 is 1.18 bits per heavy atom. The van der Waals surface area contributed by atoms with Crippen molar-refractivity contribution in [1.82, 2.24) is 9.62 Å². The quantitative estimate of drug-likeness (QED) is 0.879. The number of hydrogen-bond acceptors (Lipinski definition) is 4. The molecule has 3 rings (SSSR count). The van der Waals surface area contributed by atoms with Gasteiger partial charge >= 0.3 is 0 Å². The molecular weight excluding hydrogens is 300 g/mol. The highest BCUT2D eigenvalue weighted by atomic mass is 32.2. The zero-order chi connectivity index (χ0) is 15.7. The van der Waals surface area contributed by atoms with Crippen LogP contribution in [0.3, 0.4) is 0 Å². The van der Waals surface area contributed by atoms with E-state index in [2.05, 4.69) is 40.0 Å². The standard InChI is InChI=1S/C16H20N2O3S/c1-22(20,21)17-15-10-18(11-16(15)19)9-12-6-7-13-4-2-3-5-14(13)8-12/h2-8,15-17,19H,9-11H2,1H3/t15-,16-/m1/s1. The zero-order valence-electron chi connectivity index (χ0n) is 12.4. The van der Waals surface area contributed by atoms with Gasteiger partial charge in [-0.15, -0.1) is 0 Å². The molecule has 0 amide bonds. The molecule has 1 fully saturated rings. The number of benzene rings is 2. The van der Waals surface area contributed by atoms with E-state index >= 15 is 0 Å². The lowest BCUT2D eigenvalue weighted by molar-refractivity contribution is 0.160. The van der Waals surface area contributed by atoms with Crippen LogP contribution in [0.2, 0.25) is 0 Å². The average molecular weight is 320 g/mol. The number of nitrogens with one attached hydrogen (secondary N) is 1. The van der Waals surface area contributed by atoms with Gasteiger partial charge in [-0.3, -0.25) is 4.90 Å². The SMILES string of the molecule is CS(=O)(=O)N[C@@H]1CN(Cc2ccc3ccccc3c2)C[C@H]1O. The van der Waals surface area contributed by atoms with Gasteiger partial charge in [0.05, 0.1) is 18.4 Å². The summed E-state index contributed by atoms with van der Waals surface area (Å²) in [6.07, 6.45) is 0.446. The van der Waals surface area contributed by atoms with Crippen LogP contribution in [-0.4, -0.2) is 49.9 Å². The van der Waals surface area contributed by atoms with Crippen molar-refractivity contribution in [3.8, 4) is 0 Å². The second-order valence-electron chi connectivity index (χ2n) is 5.94. The minimum atomic E-state index is -3.30. The first kappa shape index (κ1) is 15.4. The summed E-state index contributed by atoms with van der Waals surface area (Å²) in [5.41, 5.74) is 1.16. The summed E-state index contributed by atoms with van der Waals surface area (Å²) >= 11 is 0. The Morgan fingerprint density at radius 3 is 2.64 bits per heavy atom. The predicted octanol–water partition coefficient (Wildman–Crippen LogP) is 0.934. The predicted molar refractivity (Wildman–Crippen MR) is 87.0 cm³/mol. The normalized spacial score (nSPS) is 23.2. The van der Waals surface area contributed by atoms with Crippen molar-refractivity contribution in [2.45, 2.75) is 18.7 Å². The molecule has 0 aromatic heterocycles. The molecule has 118 valence electrons. The number of fused-ring (bicyclic) bond motifs is 1. The lowest BCUT2D eigenvalue weighted by Crippen LogP contribution is -2.42. The van der Waals surface area contributed by atoms with Crippen molar-refractivity contribution in [3.05, 3.63) is 48.0 Å². The largest absolute Gasteiger partial charge is 0.390 e. The van der Waals surface area contributed by atoms with E-state index in [0.29, 0.717) is 19.6 Å². The number of nitrogens with zero attached hydrogens (tertiary/aromatic N) is 1. The van der Waals surface area contributed by atoms with Crippen LogP contribution in [0.1, 0.15) is 5.56 Å². The summed E-state index contributed by atoms with van der Waals surface area (Å²) in [4.78, 5) is 2.07. The van der Waals surface area contributed by atoms with Crippen LogP contribution in [0.4, 0.5) is 0 Å². The van der Waals surface area contributed by atoms with E-state index < -0.39 is 22.2 Å². The van der Waals surface area contributed by atoms with Crippen molar-refractivity contribution in [1.29, 1.82) is 0 Å². The molecule has 1 aliphatic heterocycles. The van der Waals surface area contributed by atoms with Crippen LogP contribution in [0.25, 0.3) is 10.8 Å². The first-order valence-electron chi connectivity index (χ1n) is 7.26. The Hall–Kier alpha value is -1.47. The summed E-state index contributed by atoms with van der Waals surface area (Å²) in [6, 6.07) is 14.0. The zero-order valence-corrected chi connectivity index (χ0v) is 13.3. The first-order chi connectivity index (χ1) is 10.4. The average Bonchev–Trinajstić information content (AvgIpc) is 2.76. The van der Waals surface area contributed by atoms with E-state index in [4.69, 9.17) is 0 Å². The Kier molecular flexibility index (Phi) is 4.18. The molecule has 0 saturated carbocycles. The second kappa shape index (κ2) is 5.96. The maximum Gasteiger partial charge on any atom is 0.209 e. The third kappa shape index (κ3) is 3.64. The van der Waals surface area contributed by atoms with E-state index in [1.807, 2.05) is 12.1 Å². The third-order valence-electron chi connectivity index (χ3n) is 3.95. The topological polar surface area (TPSA) is 69.6 Å². The van der Waals surface area contributed by atoms with Gasteiger partial charge in [0.1, 0.15) is 0 Å². The van der Waals surface area contributed by atoms with Crippen LogP contribution >= 0.6 is 0 Å². The Morgan fingerprint density at radius 2 is 1.91 bits per heavy atom. The monoisotopic (exact) mass is 320 g/mol. The van der Waals surface area contributed by atoms with E-state index in [0.717, 1.165) is 11.8 Å². The molecule has 0 bridgehead atoms. The first-order valence-corrected chi connectivity index (χ1v) is 9.15. The Labute approximate surface area is 130 Å². The number of aliphatic hydroxyl groups is 1. The Balaban J connectivity index is 1.70. The maximum atomic E-state index is 11.3. The molecule has 0 unspecified atom stereocenters. The number of aliphatic hydroxyl groups excluding tert-OH is 1. The van der Waals surface area contributed by atoms with Crippen LogP contribution in [-0.2, 0) is 16.6 Å². The number of β-amino-alcohol motifs (C(OH)–C–C–N with tert-alkyl or cyclic N) is 1. The summed E-state index contributed by atoms with van der Waals surface area (Å²) < 4.78 is 25.1. The highest BCUT2D eigenvalue weighted by Crippen LogP contribution is 2.19. The number of sulfonamides is 1. The van der Waals surface area contributed by atoms with Crippen LogP contribution in [0, 0.1) is 0 Å². The van der Waals surface area contributed by atoms with Crippen molar-refractivity contribution < 1.29 is 13.5 Å². The molecule has 6 heteroatoms. The number of rotatable bonds is 4. The second-order valence-corrected chi connectivity index (χ2v) is 7.72. The summed E-state index contributed by atoms with van der Waals surface area (Å²) in [6.45, 7) is 1.69. The van der Waals surface area contributed by atoms with Gasteiger partial charge in [-0.2, -0.15) is 0 Å². The van der Waals surface area contributed by atoms with Crippen LogP contribution in [0.5, 0.6) is 0 Å². The van der Waals surface area contributed by atoms with Gasteiger partial charge in [0.15, 0.2) is 0 Å². The number of likely N-dealkylation sites (tertiary alicyclic amines) is 1. The molecule has 1 aliphatic rings. The molecule has 2 N–H and O–H groups in total. The molecule has 2 atom stereocenters. The Bertz CT molecular complexity index is 776. The van der Waals surface area contributed by atoms with Gasteiger partial charge in [0, 0.05) is 19.6 Å². The molecule has 2 aromatic carbocycles. The maximum absolute atomic E-state index is 11.3. The molecule has 0 aliphatic carbocycles. The van der Waals surface area contributed by atoms with Gasteiger partial charge in [-0.1, -0.05) is 36.4 Å². The summed E-state index contributed by atoms with van der Waals surface area (Å²) in [5.74, 6) is 0. The molecule has 2 aromatic rings. The van der Waals surface area contributed by atoms with E-state index in [1.54, 1.807) is 0 Å². The lowest BCUT2D eigenvalue weighted by atomic mass is 10.1. The molecule has 1 saturated heterocycles. The van der Waals surface area contributed by atoms with Gasteiger partial charge in [0.2, 0.25) is 10.0 Å². The fraction of sp³-hybridized carbons (Fsp3) is 0.375. The van der Waals surface area contributed by atoms with Crippen LogP contribution < -0.4 is 4.72 Å². The van der Waals surface area contributed by atoms with Crippen molar-refractivity contribution in [2.24, 2.45) is 0 Å². The van der Waals surface area contributed by atoms with Gasteiger partial charge in [0.25, 0.3) is 0 Å². The molecule has 22 heavy (non-hydrogen) atoms. The van der Waals surface area contributed by atoms with Crippen molar-refractivity contribution in [3.63, 3.8) is 0 Å². The van der Waals surface area contributed by atoms with Gasteiger partial charge in [-0.05, 0) is 22.4 Å². The fourth-order valence-corrected chi connectivity index (χ4v) is 3.76. The molecule has 0 radical (unpaired) electrons. The molecular formula is C16H20N2O3S. The molecule has 1 heterocycles. The third-order valence-corrected chi connectivity index (χ3v) is 4.68. The minimum Gasteiger partial charge on any atom is -0.390 e. The molecule has 0 spiro atoms. The molecule has 5 nitrogen and oxygen atoms in total. The minimum absolute atomic E-state index is 0.435. The number of hydrogen-bond donors (Lipinski definition) is 2. The smallest absolute Gasteiger partial charge is 0.209 e. The summed E-state index contributed by atoms with van der Waals surface area (Å²) in [5, 5.41) is 12.4. The highest BCUT2D eigenvalue weighted by molar-refractivity contribution is 7.88. The summed E-state index contributed by atoms with van der Waals surface area (Å²) in [7, 11) is -3.30. The van der Waals surface area contributed by atoms with E-state index in [-0.39, 0.29) is 0 Å². The van der Waals surface area contributed by atoms with Gasteiger partial charge < -0.3 is 5.11 Å². The lowest BCUT2D eigenvalue weighted by Gasteiger charge is -2.16.